The lowest BCUT2D eigenvalue weighted by atomic mass is 9.90. The van der Waals surface area contributed by atoms with Crippen molar-refractivity contribution in [2.45, 2.75) is 82.7 Å². The van der Waals surface area contributed by atoms with Gasteiger partial charge in [-0.3, -0.25) is 4.90 Å². The summed E-state index contributed by atoms with van der Waals surface area (Å²) in [6, 6.07) is 1.97. The molecule has 1 aliphatic heterocycles. The van der Waals surface area contributed by atoms with Gasteiger partial charge in [-0.15, -0.1) is 0 Å². The second-order valence-electron chi connectivity index (χ2n) is 6.28. The molecule has 0 aromatic rings. The van der Waals surface area contributed by atoms with E-state index in [-0.39, 0.29) is 0 Å². The van der Waals surface area contributed by atoms with E-state index in [0.29, 0.717) is 0 Å². The molecule has 0 aromatic heterocycles. The number of likely N-dealkylation sites (tertiary alicyclic amines) is 1. The third-order valence-electron chi connectivity index (χ3n) is 5.33. The van der Waals surface area contributed by atoms with Gasteiger partial charge in [0.2, 0.25) is 0 Å². The van der Waals surface area contributed by atoms with E-state index >= 15 is 0 Å². The fourth-order valence-electron chi connectivity index (χ4n) is 4.53. The minimum absolute atomic E-state index is 0.974. The van der Waals surface area contributed by atoms with Crippen molar-refractivity contribution in [1.82, 2.24) is 4.90 Å². The van der Waals surface area contributed by atoms with E-state index in [4.69, 9.17) is 0 Å². The molecule has 3 aliphatic rings. The molecule has 1 saturated heterocycles. The zero-order chi connectivity index (χ0) is 10.8. The van der Waals surface area contributed by atoms with Crippen LogP contribution in [0.3, 0.4) is 0 Å². The lowest BCUT2D eigenvalue weighted by Gasteiger charge is -2.38. The average molecular weight is 221 g/mol. The van der Waals surface area contributed by atoms with Gasteiger partial charge in [0.25, 0.3) is 0 Å². The van der Waals surface area contributed by atoms with Crippen LogP contribution in [-0.4, -0.2) is 23.5 Å². The minimum atomic E-state index is 0.974. The summed E-state index contributed by atoms with van der Waals surface area (Å²) in [5.74, 6) is 1.07. The van der Waals surface area contributed by atoms with Crippen molar-refractivity contribution in [3.63, 3.8) is 0 Å². The van der Waals surface area contributed by atoms with Crippen LogP contribution in [-0.2, 0) is 0 Å². The maximum atomic E-state index is 2.94. The van der Waals surface area contributed by atoms with Crippen LogP contribution in [0.15, 0.2) is 0 Å². The molecule has 0 amide bonds. The van der Waals surface area contributed by atoms with Crippen LogP contribution in [0.4, 0.5) is 0 Å². The molecule has 0 aromatic carbocycles. The molecule has 0 bridgehead atoms. The molecule has 0 N–H and O–H groups in total. The molecule has 92 valence electrons. The average Bonchev–Trinajstić information content (AvgIpc) is 3.01. The summed E-state index contributed by atoms with van der Waals surface area (Å²) >= 11 is 0. The Kier molecular flexibility index (Phi) is 3.51. The molecule has 3 rings (SSSR count). The fraction of sp³-hybridized carbons (Fsp3) is 1.00. The van der Waals surface area contributed by atoms with Crippen LogP contribution < -0.4 is 0 Å². The lowest BCUT2D eigenvalue weighted by molar-refractivity contribution is 0.108. The van der Waals surface area contributed by atoms with Gasteiger partial charge in [0, 0.05) is 12.1 Å². The zero-order valence-electron chi connectivity index (χ0n) is 10.7. The first-order chi connectivity index (χ1) is 7.95. The van der Waals surface area contributed by atoms with Crippen molar-refractivity contribution in [2.75, 3.05) is 6.54 Å². The van der Waals surface area contributed by atoms with Gasteiger partial charge in [-0.2, -0.15) is 0 Å². The molecule has 2 saturated carbocycles. The van der Waals surface area contributed by atoms with E-state index in [0.717, 1.165) is 18.0 Å². The molecule has 0 radical (unpaired) electrons. The normalized spacial score (nSPS) is 34.9. The highest BCUT2D eigenvalue weighted by atomic mass is 15.2. The molecule has 1 atom stereocenters. The summed E-state index contributed by atoms with van der Waals surface area (Å²) in [5, 5.41) is 0. The predicted molar refractivity (Wildman–Crippen MR) is 68.6 cm³/mol. The van der Waals surface area contributed by atoms with Gasteiger partial charge in [-0.25, -0.2) is 0 Å². The van der Waals surface area contributed by atoms with Gasteiger partial charge >= 0.3 is 0 Å². The Bertz CT molecular complexity index is 213. The second kappa shape index (κ2) is 5.08. The van der Waals surface area contributed by atoms with E-state index in [2.05, 4.69) is 4.90 Å². The van der Waals surface area contributed by atoms with Gasteiger partial charge in [0.05, 0.1) is 0 Å². The van der Waals surface area contributed by atoms with Crippen molar-refractivity contribution < 1.29 is 0 Å². The number of hydrogen-bond donors (Lipinski definition) is 0. The highest BCUT2D eigenvalue weighted by molar-refractivity contribution is 4.91. The molecular formula is C15H27N. The lowest BCUT2D eigenvalue weighted by Crippen LogP contribution is -2.43. The van der Waals surface area contributed by atoms with Crippen molar-refractivity contribution in [2.24, 2.45) is 5.92 Å². The Hall–Kier alpha value is -0.0400. The Morgan fingerprint density at radius 3 is 2.06 bits per heavy atom. The number of hydrogen-bond acceptors (Lipinski definition) is 1. The zero-order valence-corrected chi connectivity index (χ0v) is 10.7. The van der Waals surface area contributed by atoms with Gasteiger partial charge in [-0.05, 0) is 51.0 Å². The summed E-state index contributed by atoms with van der Waals surface area (Å²) in [4.78, 5) is 2.94. The standard InChI is InChI=1S/C15H27N/c1-2-9-14(10-3-1)16-12-6-11-15(16)13-7-4-5-8-13/h13-15H,1-12H2. The van der Waals surface area contributed by atoms with Gasteiger partial charge in [-0.1, -0.05) is 32.1 Å². The van der Waals surface area contributed by atoms with Crippen LogP contribution >= 0.6 is 0 Å². The summed E-state index contributed by atoms with van der Waals surface area (Å²) < 4.78 is 0. The van der Waals surface area contributed by atoms with E-state index < -0.39 is 0 Å². The molecular weight excluding hydrogens is 194 g/mol. The van der Waals surface area contributed by atoms with Crippen molar-refractivity contribution >= 4 is 0 Å². The van der Waals surface area contributed by atoms with Crippen LogP contribution in [0, 0.1) is 5.92 Å². The van der Waals surface area contributed by atoms with E-state index in [9.17, 15) is 0 Å². The molecule has 2 aliphatic carbocycles. The van der Waals surface area contributed by atoms with Crippen LogP contribution in [0.2, 0.25) is 0 Å². The van der Waals surface area contributed by atoms with Crippen molar-refractivity contribution in [1.29, 1.82) is 0 Å². The van der Waals surface area contributed by atoms with Crippen LogP contribution in [0.25, 0.3) is 0 Å². The van der Waals surface area contributed by atoms with Gasteiger partial charge < -0.3 is 0 Å². The second-order valence-corrected chi connectivity index (χ2v) is 6.28. The molecule has 0 spiro atoms. The SMILES string of the molecule is C1CCC(N2CCCC2C2CCCC2)CC1. The Balaban J connectivity index is 1.63. The maximum Gasteiger partial charge on any atom is 0.0127 e. The molecule has 3 fully saturated rings. The highest BCUT2D eigenvalue weighted by Crippen LogP contribution is 2.38. The summed E-state index contributed by atoms with van der Waals surface area (Å²) in [6.07, 6.45) is 16.6. The van der Waals surface area contributed by atoms with E-state index in [1.165, 1.54) is 77.2 Å². The third kappa shape index (κ3) is 2.16. The number of nitrogens with zero attached hydrogens (tertiary/aromatic N) is 1. The Labute approximate surface area is 101 Å². The maximum absolute atomic E-state index is 2.94. The highest BCUT2D eigenvalue weighted by Gasteiger charge is 2.36. The molecule has 1 unspecified atom stereocenters. The molecule has 1 heterocycles. The van der Waals surface area contributed by atoms with Crippen LogP contribution in [0.5, 0.6) is 0 Å². The van der Waals surface area contributed by atoms with Crippen molar-refractivity contribution in [3.8, 4) is 0 Å². The van der Waals surface area contributed by atoms with Gasteiger partial charge in [0.1, 0.15) is 0 Å². The smallest absolute Gasteiger partial charge is 0.0127 e. The predicted octanol–water partition coefficient (Wildman–Crippen LogP) is 3.97. The quantitative estimate of drug-likeness (QED) is 0.682. The van der Waals surface area contributed by atoms with E-state index in [1.54, 1.807) is 0 Å². The molecule has 1 heteroatoms. The molecule has 16 heavy (non-hydrogen) atoms. The Morgan fingerprint density at radius 2 is 1.31 bits per heavy atom. The number of rotatable bonds is 2. The fourth-order valence-corrected chi connectivity index (χ4v) is 4.53. The van der Waals surface area contributed by atoms with Gasteiger partial charge in [0.15, 0.2) is 0 Å². The summed E-state index contributed by atoms with van der Waals surface area (Å²) in [6.45, 7) is 1.42. The summed E-state index contributed by atoms with van der Waals surface area (Å²) in [5.41, 5.74) is 0. The molecule has 1 nitrogen and oxygen atoms in total. The summed E-state index contributed by atoms with van der Waals surface area (Å²) in [7, 11) is 0. The first kappa shape index (κ1) is 11.1. The van der Waals surface area contributed by atoms with Crippen molar-refractivity contribution in [3.05, 3.63) is 0 Å². The minimum Gasteiger partial charge on any atom is -0.297 e. The third-order valence-corrected chi connectivity index (χ3v) is 5.33. The van der Waals surface area contributed by atoms with E-state index in [1.807, 2.05) is 0 Å². The monoisotopic (exact) mass is 221 g/mol. The van der Waals surface area contributed by atoms with Crippen LogP contribution in [0.1, 0.15) is 70.6 Å². The first-order valence-electron chi connectivity index (χ1n) is 7.71. The Morgan fingerprint density at radius 1 is 0.625 bits per heavy atom. The first-order valence-corrected chi connectivity index (χ1v) is 7.71. The largest absolute Gasteiger partial charge is 0.297 e. The topological polar surface area (TPSA) is 3.24 Å².